The van der Waals surface area contributed by atoms with Gasteiger partial charge in [-0.05, 0) is 40.8 Å². The highest BCUT2D eigenvalue weighted by atomic mass is 19.1. The van der Waals surface area contributed by atoms with E-state index in [1.807, 2.05) is 5.32 Å². The van der Waals surface area contributed by atoms with Gasteiger partial charge in [0, 0.05) is 5.56 Å². The molecule has 6 N–H and O–H groups in total. The number of halogens is 1. The monoisotopic (exact) mass is 499 g/mol. The average Bonchev–Trinajstić information content (AvgIpc) is 2.83. The topological polar surface area (TPSA) is 170 Å². The molecule has 0 heterocycles. The molecule has 0 aromatic heterocycles. The Morgan fingerprint density at radius 2 is 1.61 bits per heavy atom. The van der Waals surface area contributed by atoms with Crippen LogP contribution in [-0.2, 0) is 20.9 Å². The number of hydrogen-bond acceptors (Lipinski definition) is 6. The summed E-state index contributed by atoms with van der Waals surface area (Å²) < 4.78 is 14.8. The lowest BCUT2D eigenvalue weighted by Crippen LogP contribution is -2.43. The molecule has 0 aliphatic heterocycles. The molecule has 0 spiro atoms. The number of benzene rings is 2. The number of carbonyl (C=O) groups excluding carboxylic acids is 2. The fourth-order valence-corrected chi connectivity index (χ4v) is 3.04. The number of hydrogen-bond donors (Lipinski definition) is 5. The maximum absolute atomic E-state index is 14.8. The number of rotatable bonds is 10. The van der Waals surface area contributed by atoms with Crippen LogP contribution in [0.3, 0.4) is 0 Å². The van der Waals surface area contributed by atoms with Crippen LogP contribution in [0.15, 0.2) is 65.9 Å². The number of nitrogens with two attached hydrogens (primary N) is 1. The average molecular weight is 499 g/mol. The smallest absolute Gasteiger partial charge is 0.335 e. The van der Waals surface area contributed by atoms with Crippen molar-refractivity contribution in [3.63, 3.8) is 0 Å². The van der Waals surface area contributed by atoms with E-state index in [4.69, 9.17) is 16.1 Å². The summed E-state index contributed by atoms with van der Waals surface area (Å²) in [6.07, 6.45) is 0. The first kappa shape index (κ1) is 27.7. The summed E-state index contributed by atoms with van der Waals surface area (Å²) in [6, 6.07) is 9.89. The van der Waals surface area contributed by atoms with Crippen LogP contribution in [0.2, 0.25) is 0 Å². The molecular weight excluding hydrogens is 473 g/mol. The second-order valence-corrected chi connectivity index (χ2v) is 8.10. The van der Waals surface area contributed by atoms with Gasteiger partial charge < -0.3 is 20.6 Å². The van der Waals surface area contributed by atoms with Crippen molar-refractivity contribution in [2.75, 3.05) is 6.54 Å². The zero-order chi connectivity index (χ0) is 27.2. The SMILES string of the molecule is C=C(/C(O)=C(/C(=O)NCC(=O)O)C(=O)N(N)Cc1ccc(-c2ccc(C(=O)O)cc2)cc1F)C(C)C. The molecule has 0 aliphatic carbocycles. The summed E-state index contributed by atoms with van der Waals surface area (Å²) in [5.74, 6) is -0.857. The van der Waals surface area contributed by atoms with Crippen LogP contribution in [0, 0.1) is 11.7 Å². The van der Waals surface area contributed by atoms with Crippen LogP contribution < -0.4 is 11.2 Å². The van der Waals surface area contributed by atoms with Crippen LogP contribution in [-0.4, -0.2) is 50.6 Å². The van der Waals surface area contributed by atoms with Crippen molar-refractivity contribution >= 4 is 23.8 Å². The normalized spacial score (nSPS) is 11.5. The molecule has 2 rings (SSSR count). The van der Waals surface area contributed by atoms with Gasteiger partial charge in [0.15, 0.2) is 0 Å². The Morgan fingerprint density at radius 3 is 2.11 bits per heavy atom. The molecule has 0 saturated heterocycles. The maximum Gasteiger partial charge on any atom is 0.335 e. The lowest BCUT2D eigenvalue weighted by molar-refractivity contribution is -0.138. The summed E-state index contributed by atoms with van der Waals surface area (Å²) in [6.45, 7) is 5.65. The van der Waals surface area contributed by atoms with Gasteiger partial charge in [-0.3, -0.25) is 19.4 Å². The molecule has 11 heteroatoms. The van der Waals surface area contributed by atoms with Crippen molar-refractivity contribution in [1.29, 1.82) is 0 Å². The predicted octanol–water partition coefficient (Wildman–Crippen LogP) is 2.62. The van der Waals surface area contributed by atoms with Gasteiger partial charge in [-0.2, -0.15) is 0 Å². The van der Waals surface area contributed by atoms with Gasteiger partial charge in [-0.15, -0.1) is 0 Å². The van der Waals surface area contributed by atoms with Gasteiger partial charge in [-0.1, -0.05) is 44.7 Å². The maximum atomic E-state index is 14.8. The quantitative estimate of drug-likeness (QED) is 0.0485. The third-order valence-electron chi connectivity index (χ3n) is 5.20. The van der Waals surface area contributed by atoms with E-state index >= 15 is 0 Å². The number of nitrogens with one attached hydrogen (secondary N) is 1. The first-order valence-electron chi connectivity index (χ1n) is 10.6. The highest BCUT2D eigenvalue weighted by molar-refractivity contribution is 6.19. The lowest BCUT2D eigenvalue weighted by Gasteiger charge is -2.21. The Kier molecular flexibility index (Phi) is 9.06. The molecule has 2 amide bonds. The molecule has 0 aliphatic rings. The van der Waals surface area contributed by atoms with Crippen molar-refractivity contribution in [1.82, 2.24) is 10.3 Å². The van der Waals surface area contributed by atoms with Crippen LogP contribution >= 0.6 is 0 Å². The van der Waals surface area contributed by atoms with E-state index < -0.39 is 54.0 Å². The van der Waals surface area contributed by atoms with Crippen molar-refractivity contribution in [3.05, 3.63) is 82.9 Å². The highest BCUT2D eigenvalue weighted by Gasteiger charge is 2.29. The fraction of sp³-hybridized carbons (Fsp3) is 0.200. The number of allylic oxidation sites excluding steroid dienone is 1. The molecule has 10 nitrogen and oxygen atoms in total. The van der Waals surface area contributed by atoms with Gasteiger partial charge in [0.05, 0.1) is 12.1 Å². The first-order chi connectivity index (χ1) is 16.8. The number of carbonyl (C=O) groups is 4. The number of aliphatic carboxylic acids is 1. The van der Waals surface area contributed by atoms with Crippen LogP contribution in [0.5, 0.6) is 0 Å². The van der Waals surface area contributed by atoms with E-state index in [2.05, 4.69) is 6.58 Å². The number of aromatic carboxylic acids is 1. The molecule has 2 aromatic rings. The zero-order valence-electron chi connectivity index (χ0n) is 19.6. The minimum absolute atomic E-state index is 0.00998. The number of nitrogens with zero attached hydrogens (tertiary/aromatic N) is 1. The van der Waals surface area contributed by atoms with Gasteiger partial charge in [-0.25, -0.2) is 15.0 Å². The van der Waals surface area contributed by atoms with E-state index in [1.165, 1.54) is 36.4 Å². The number of carboxylic acid groups (broad SMARTS) is 2. The van der Waals surface area contributed by atoms with Crippen molar-refractivity contribution in [2.24, 2.45) is 11.8 Å². The Labute approximate surface area is 206 Å². The second-order valence-electron chi connectivity index (χ2n) is 8.10. The Morgan fingerprint density at radius 1 is 1.03 bits per heavy atom. The number of hydrazine groups is 1. The minimum atomic E-state index is -1.37. The number of aliphatic hydroxyl groups excluding tert-OH is 1. The van der Waals surface area contributed by atoms with E-state index in [1.54, 1.807) is 19.9 Å². The Hall–Kier alpha value is -4.51. The largest absolute Gasteiger partial charge is 0.507 e. The fourth-order valence-electron chi connectivity index (χ4n) is 3.04. The lowest BCUT2D eigenvalue weighted by atomic mass is 9.99. The Bertz CT molecular complexity index is 1240. The Balaban J connectivity index is 2.31. The van der Waals surface area contributed by atoms with Gasteiger partial charge in [0.2, 0.25) is 0 Å². The van der Waals surface area contributed by atoms with Gasteiger partial charge >= 0.3 is 11.9 Å². The summed E-state index contributed by atoms with van der Waals surface area (Å²) >= 11 is 0. The first-order valence-corrected chi connectivity index (χ1v) is 10.6. The highest BCUT2D eigenvalue weighted by Crippen LogP contribution is 2.24. The molecule has 0 bridgehead atoms. The molecule has 0 radical (unpaired) electrons. The van der Waals surface area contributed by atoms with E-state index in [0.29, 0.717) is 16.1 Å². The molecule has 36 heavy (non-hydrogen) atoms. The van der Waals surface area contributed by atoms with Crippen LogP contribution in [0.25, 0.3) is 11.1 Å². The summed E-state index contributed by atoms with van der Waals surface area (Å²) in [4.78, 5) is 47.2. The standard InChI is InChI=1S/C25H26FN3O7/c1-13(2)14(3)22(32)21(23(33)28-11-20(30)31)24(34)29(27)12-18-9-8-17(10-19(18)26)15-4-6-16(7-5-15)25(35)36/h4-10,13,32H,3,11-12,27H2,1-2H3,(H,28,33)(H,30,31)(H,35,36)/b22-21+. The van der Waals surface area contributed by atoms with Crippen LogP contribution in [0.4, 0.5) is 4.39 Å². The molecule has 190 valence electrons. The predicted molar refractivity (Wildman–Crippen MR) is 128 cm³/mol. The van der Waals surface area contributed by atoms with E-state index in [-0.39, 0.29) is 22.6 Å². The second kappa shape index (κ2) is 11.8. The number of carboxylic acids is 2. The molecule has 0 fully saturated rings. The molecular formula is C25H26FN3O7. The number of amides is 2. The minimum Gasteiger partial charge on any atom is -0.507 e. The summed E-state index contributed by atoms with van der Waals surface area (Å²) in [5.41, 5.74) is 0.290. The van der Waals surface area contributed by atoms with Crippen molar-refractivity contribution < 1.29 is 38.9 Å². The molecule has 0 atom stereocenters. The van der Waals surface area contributed by atoms with Crippen LogP contribution in [0.1, 0.15) is 29.8 Å². The molecule has 0 saturated carbocycles. The third kappa shape index (κ3) is 6.76. The zero-order valence-corrected chi connectivity index (χ0v) is 19.6. The van der Waals surface area contributed by atoms with Crippen molar-refractivity contribution in [2.45, 2.75) is 20.4 Å². The third-order valence-corrected chi connectivity index (χ3v) is 5.20. The molecule has 2 aromatic carbocycles. The van der Waals surface area contributed by atoms with Crippen molar-refractivity contribution in [3.8, 4) is 11.1 Å². The number of aliphatic hydroxyl groups is 1. The summed E-state index contributed by atoms with van der Waals surface area (Å²) in [5, 5.41) is 30.8. The van der Waals surface area contributed by atoms with Gasteiger partial charge in [0.1, 0.15) is 23.7 Å². The molecule has 0 unspecified atom stereocenters. The van der Waals surface area contributed by atoms with E-state index in [0.717, 1.165) is 0 Å². The van der Waals surface area contributed by atoms with E-state index in [9.17, 15) is 28.7 Å². The van der Waals surface area contributed by atoms with Gasteiger partial charge in [0.25, 0.3) is 11.8 Å². The summed E-state index contributed by atoms with van der Waals surface area (Å²) in [7, 11) is 0.